The number of hydrogen-bond acceptors (Lipinski definition) is 6. The van der Waals surface area contributed by atoms with Gasteiger partial charge in [-0.25, -0.2) is 4.98 Å². The van der Waals surface area contributed by atoms with E-state index in [1.54, 1.807) is 28.4 Å². The van der Waals surface area contributed by atoms with Crippen LogP contribution in [-0.4, -0.2) is 57.9 Å². The number of carbonyl (C=O) groups is 1. The Morgan fingerprint density at radius 3 is 3.04 bits per heavy atom. The number of piperidine rings is 1. The molecule has 4 heterocycles. The summed E-state index contributed by atoms with van der Waals surface area (Å²) in [5.41, 5.74) is 0.886. The van der Waals surface area contributed by atoms with Crippen LogP contribution in [0.15, 0.2) is 24.0 Å². The van der Waals surface area contributed by atoms with Crippen LogP contribution in [0.4, 0.5) is 5.69 Å². The van der Waals surface area contributed by atoms with Crippen LogP contribution >= 0.6 is 11.3 Å². The molecule has 24 heavy (non-hydrogen) atoms. The molecule has 0 unspecified atom stereocenters. The van der Waals surface area contributed by atoms with Crippen LogP contribution < -0.4 is 4.90 Å². The minimum atomic E-state index is -0.0784. The zero-order chi connectivity index (χ0) is 16.5. The van der Waals surface area contributed by atoms with Crippen molar-refractivity contribution in [2.24, 2.45) is 7.05 Å². The van der Waals surface area contributed by atoms with E-state index < -0.39 is 0 Å². The third-order valence-electron chi connectivity index (χ3n) is 4.68. The van der Waals surface area contributed by atoms with E-state index in [2.05, 4.69) is 15.0 Å². The molecule has 0 aliphatic carbocycles. The average molecular weight is 347 g/mol. The van der Waals surface area contributed by atoms with Crippen molar-refractivity contribution in [3.8, 4) is 0 Å². The molecule has 7 nitrogen and oxygen atoms in total. The van der Waals surface area contributed by atoms with Gasteiger partial charge in [-0.1, -0.05) is 0 Å². The summed E-state index contributed by atoms with van der Waals surface area (Å²) in [5, 5.41) is 7.15. The molecule has 0 bridgehead atoms. The first-order chi connectivity index (χ1) is 11.7. The maximum atomic E-state index is 13.0. The number of ether oxygens (including phenoxy) is 1. The minimum Gasteiger partial charge on any atom is -0.368 e. The molecule has 0 N–H and O–H groups in total. The van der Waals surface area contributed by atoms with Gasteiger partial charge in [-0.3, -0.25) is 14.4 Å². The third-order valence-corrected chi connectivity index (χ3v) is 5.55. The Bertz CT molecular complexity index is 701. The van der Waals surface area contributed by atoms with Gasteiger partial charge in [0, 0.05) is 44.5 Å². The van der Waals surface area contributed by atoms with Gasteiger partial charge in [0.05, 0.1) is 24.5 Å². The third kappa shape index (κ3) is 2.97. The number of amides is 1. The summed E-state index contributed by atoms with van der Waals surface area (Å²) in [7, 11) is 1.87. The summed E-state index contributed by atoms with van der Waals surface area (Å²) >= 11 is 1.61. The normalized spacial score (nSPS) is 26.0. The lowest BCUT2D eigenvalue weighted by Crippen LogP contribution is -2.55. The first-order valence-electron chi connectivity index (χ1n) is 8.27. The summed E-state index contributed by atoms with van der Waals surface area (Å²) in [5.74, 6) is 0.175. The van der Waals surface area contributed by atoms with Crippen molar-refractivity contribution < 1.29 is 9.53 Å². The number of hydrogen-bond donors (Lipinski definition) is 0. The smallest absolute Gasteiger partial charge is 0.244 e. The summed E-state index contributed by atoms with van der Waals surface area (Å²) in [6.45, 7) is 2.92. The van der Waals surface area contributed by atoms with Crippen LogP contribution in [0.1, 0.15) is 24.0 Å². The molecule has 1 amide bonds. The largest absolute Gasteiger partial charge is 0.368 e. The average Bonchev–Trinajstić information content (AvgIpc) is 3.27. The Labute approximate surface area is 144 Å². The predicted molar refractivity (Wildman–Crippen MR) is 91.0 cm³/mol. The van der Waals surface area contributed by atoms with Crippen molar-refractivity contribution in [1.82, 2.24) is 19.7 Å². The fourth-order valence-electron chi connectivity index (χ4n) is 3.49. The maximum absolute atomic E-state index is 13.0. The first-order valence-corrected chi connectivity index (χ1v) is 9.15. The zero-order valence-electron chi connectivity index (χ0n) is 13.7. The number of carbonyl (C=O) groups excluding carboxylic acids is 1. The number of anilines is 1. The fraction of sp³-hybridized carbons (Fsp3) is 0.562. The van der Waals surface area contributed by atoms with Crippen LogP contribution in [0, 0.1) is 0 Å². The van der Waals surface area contributed by atoms with Gasteiger partial charge in [0.15, 0.2) is 0 Å². The molecule has 0 saturated carbocycles. The van der Waals surface area contributed by atoms with E-state index in [0.29, 0.717) is 6.61 Å². The minimum absolute atomic E-state index is 0.0275. The van der Waals surface area contributed by atoms with Crippen molar-refractivity contribution in [2.45, 2.75) is 25.0 Å². The maximum Gasteiger partial charge on any atom is 0.244 e. The molecule has 2 fully saturated rings. The van der Waals surface area contributed by atoms with Gasteiger partial charge in [0.2, 0.25) is 5.91 Å². The molecule has 2 aromatic heterocycles. The highest BCUT2D eigenvalue weighted by Crippen LogP contribution is 2.29. The highest BCUT2D eigenvalue weighted by molar-refractivity contribution is 7.09. The number of nitrogens with zero attached hydrogens (tertiary/aromatic N) is 5. The number of rotatable bonds is 3. The van der Waals surface area contributed by atoms with Gasteiger partial charge in [0.1, 0.15) is 11.1 Å². The predicted octanol–water partition coefficient (Wildman–Crippen LogP) is 1.45. The second-order valence-electron chi connectivity index (χ2n) is 6.24. The molecule has 2 aromatic rings. The van der Waals surface area contributed by atoms with Gasteiger partial charge < -0.3 is 9.64 Å². The second kappa shape index (κ2) is 6.62. The first kappa shape index (κ1) is 15.7. The zero-order valence-corrected chi connectivity index (χ0v) is 14.5. The summed E-state index contributed by atoms with van der Waals surface area (Å²) in [6, 6.07) is -0.0784. The van der Waals surface area contributed by atoms with Crippen LogP contribution in [0.2, 0.25) is 0 Å². The fourth-order valence-corrected chi connectivity index (χ4v) is 4.17. The standard InChI is InChI=1S/C16H21N5O2S/c1-19-10-12(9-18-19)21-5-2-3-13(16(21)22)20-6-7-23-14(11-20)15-17-4-8-24-15/h4,8-10,13-14H,2-3,5-7,11H2,1H3/t13-,14+/m1/s1. The lowest BCUT2D eigenvalue weighted by atomic mass is 10.0. The molecular formula is C16H21N5O2S. The van der Waals surface area contributed by atoms with Crippen molar-refractivity contribution in [1.29, 1.82) is 0 Å². The highest BCUT2D eigenvalue weighted by atomic mass is 32.1. The lowest BCUT2D eigenvalue weighted by molar-refractivity contribution is -0.129. The molecule has 2 atom stereocenters. The molecule has 0 aromatic carbocycles. The van der Waals surface area contributed by atoms with Gasteiger partial charge in [-0.2, -0.15) is 5.10 Å². The summed E-state index contributed by atoms with van der Waals surface area (Å²) < 4.78 is 7.60. The van der Waals surface area contributed by atoms with Gasteiger partial charge in [-0.15, -0.1) is 11.3 Å². The highest BCUT2D eigenvalue weighted by Gasteiger charge is 2.37. The van der Waals surface area contributed by atoms with E-state index in [1.807, 2.05) is 23.5 Å². The Kier molecular flexibility index (Phi) is 4.34. The van der Waals surface area contributed by atoms with E-state index in [0.717, 1.165) is 43.2 Å². The number of morpholine rings is 1. The SMILES string of the molecule is Cn1cc(N2CCC[C@@H](N3CCO[C@H](c4nccs4)C3)C2=O)cn1. The van der Waals surface area contributed by atoms with Crippen molar-refractivity contribution in [3.63, 3.8) is 0 Å². The molecule has 0 spiro atoms. The molecule has 0 radical (unpaired) electrons. The quantitative estimate of drug-likeness (QED) is 0.841. The van der Waals surface area contributed by atoms with Crippen LogP contribution in [0.5, 0.6) is 0 Å². The molecule has 8 heteroatoms. The van der Waals surface area contributed by atoms with E-state index in [1.165, 1.54) is 0 Å². The van der Waals surface area contributed by atoms with Crippen LogP contribution in [0.25, 0.3) is 0 Å². The van der Waals surface area contributed by atoms with E-state index in [9.17, 15) is 4.79 Å². The van der Waals surface area contributed by atoms with Crippen LogP contribution in [-0.2, 0) is 16.6 Å². The van der Waals surface area contributed by atoms with E-state index in [-0.39, 0.29) is 18.1 Å². The monoisotopic (exact) mass is 347 g/mol. The summed E-state index contributed by atoms with van der Waals surface area (Å²) in [6.07, 6.45) is 7.35. The number of aromatic nitrogens is 3. The van der Waals surface area contributed by atoms with E-state index >= 15 is 0 Å². The Balaban J connectivity index is 1.49. The Hall–Kier alpha value is -1.77. The molecule has 2 aliphatic heterocycles. The van der Waals surface area contributed by atoms with Gasteiger partial charge in [-0.05, 0) is 12.8 Å². The summed E-state index contributed by atoms with van der Waals surface area (Å²) in [4.78, 5) is 21.5. The molecule has 128 valence electrons. The molecule has 2 saturated heterocycles. The second-order valence-corrected chi connectivity index (χ2v) is 7.17. The topological polar surface area (TPSA) is 63.5 Å². The molecular weight excluding hydrogens is 326 g/mol. The molecule has 4 rings (SSSR count). The van der Waals surface area contributed by atoms with Crippen molar-refractivity contribution in [2.75, 3.05) is 31.1 Å². The molecule has 2 aliphatic rings. The van der Waals surface area contributed by atoms with E-state index in [4.69, 9.17) is 4.74 Å². The number of aryl methyl sites for hydroxylation is 1. The van der Waals surface area contributed by atoms with Crippen LogP contribution in [0.3, 0.4) is 0 Å². The Morgan fingerprint density at radius 1 is 1.38 bits per heavy atom. The van der Waals surface area contributed by atoms with Crippen molar-refractivity contribution >= 4 is 22.9 Å². The van der Waals surface area contributed by atoms with Gasteiger partial charge in [0.25, 0.3) is 0 Å². The van der Waals surface area contributed by atoms with Gasteiger partial charge >= 0.3 is 0 Å². The number of thiazole rings is 1. The Morgan fingerprint density at radius 2 is 2.29 bits per heavy atom. The lowest BCUT2D eigenvalue weighted by Gasteiger charge is -2.41. The van der Waals surface area contributed by atoms with Crippen molar-refractivity contribution in [3.05, 3.63) is 29.0 Å².